The van der Waals surface area contributed by atoms with Crippen molar-refractivity contribution in [1.29, 1.82) is 0 Å². The monoisotopic (exact) mass is 853 g/mol. The van der Waals surface area contributed by atoms with Crippen molar-refractivity contribution in [1.82, 2.24) is 19.3 Å². The van der Waals surface area contributed by atoms with Gasteiger partial charge in [-0.3, -0.25) is 4.68 Å². The second-order valence-electron chi connectivity index (χ2n) is 15.1. The van der Waals surface area contributed by atoms with Crippen LogP contribution in [0.4, 0.5) is 0 Å². The molecule has 0 amide bonds. The molecule has 0 bridgehead atoms. The van der Waals surface area contributed by atoms with Crippen LogP contribution in [0.25, 0.3) is 44.4 Å². The summed E-state index contributed by atoms with van der Waals surface area (Å²) in [5, 5.41) is 7.20. The molecule has 6 heteroatoms. The molecule has 0 saturated heterocycles. The van der Waals surface area contributed by atoms with Crippen LogP contribution in [-0.4, -0.2) is 19.3 Å². The van der Waals surface area contributed by atoms with Gasteiger partial charge in [0.15, 0.2) is 0 Å². The quantitative estimate of drug-likeness (QED) is 0.143. The molecular formula is C45H46N4OPt. The van der Waals surface area contributed by atoms with Crippen molar-refractivity contribution in [2.45, 2.75) is 74.1 Å². The summed E-state index contributed by atoms with van der Waals surface area (Å²) in [4.78, 5) is 4.87. The first kappa shape index (κ1) is 36.3. The summed E-state index contributed by atoms with van der Waals surface area (Å²) in [6, 6.07) is 38.8. The molecule has 0 aliphatic carbocycles. The molecule has 0 aliphatic rings. The number of benzene rings is 4. The zero-order chi connectivity index (χ0) is 35.3. The van der Waals surface area contributed by atoms with Crippen molar-refractivity contribution in [3.63, 3.8) is 0 Å². The Hall–Kier alpha value is -4.47. The minimum atomic E-state index is 0. The zero-order valence-electron chi connectivity index (χ0n) is 31.0. The van der Waals surface area contributed by atoms with E-state index in [4.69, 9.17) is 14.8 Å². The van der Waals surface area contributed by atoms with Crippen molar-refractivity contribution in [2.24, 2.45) is 11.3 Å². The number of ether oxygens (including phenoxy) is 1. The number of fused-ring (bicyclic) bond motifs is 3. The van der Waals surface area contributed by atoms with E-state index in [1.807, 2.05) is 41.2 Å². The molecule has 0 spiro atoms. The van der Waals surface area contributed by atoms with E-state index in [1.54, 1.807) is 0 Å². The summed E-state index contributed by atoms with van der Waals surface area (Å²) in [6.07, 6.45) is 1.91. The molecule has 51 heavy (non-hydrogen) atoms. The van der Waals surface area contributed by atoms with Gasteiger partial charge in [-0.25, -0.2) is 4.98 Å². The minimum absolute atomic E-state index is 0. The number of hydrogen-bond donors (Lipinski definition) is 0. The molecule has 0 saturated carbocycles. The molecule has 2 atom stereocenters. The van der Waals surface area contributed by atoms with Crippen LogP contribution >= 0.6 is 0 Å². The van der Waals surface area contributed by atoms with Gasteiger partial charge in [0.05, 0.1) is 5.69 Å². The van der Waals surface area contributed by atoms with Gasteiger partial charge in [0, 0.05) is 34.5 Å². The van der Waals surface area contributed by atoms with E-state index in [0.717, 1.165) is 50.4 Å². The van der Waals surface area contributed by atoms with Gasteiger partial charge in [-0.2, -0.15) is 17.2 Å². The SMILES string of the molecule is Cc1nn(-c2[c-]c(Oc3[c-]c4c(cc3)c3cc(C(C)C(C)C(C)(C)C)ccc3n4-c3cc(C(C)C)ccn3)ccc2)c(C)c1-c1ccccc1.[Pt+2]. The van der Waals surface area contributed by atoms with E-state index in [2.05, 4.69) is 140 Å². The number of hydrogen-bond acceptors (Lipinski definition) is 3. The van der Waals surface area contributed by atoms with Gasteiger partial charge in [0.2, 0.25) is 0 Å². The fraction of sp³-hybridized carbons (Fsp3) is 0.289. The molecule has 0 aliphatic heterocycles. The van der Waals surface area contributed by atoms with Crippen molar-refractivity contribution in [3.8, 4) is 34.1 Å². The summed E-state index contributed by atoms with van der Waals surface area (Å²) < 4.78 is 10.7. The number of rotatable bonds is 8. The molecule has 0 fully saturated rings. The summed E-state index contributed by atoms with van der Waals surface area (Å²) in [5.41, 5.74) is 9.97. The second-order valence-corrected chi connectivity index (χ2v) is 15.1. The fourth-order valence-corrected chi connectivity index (χ4v) is 7.11. The van der Waals surface area contributed by atoms with Crippen molar-refractivity contribution >= 4 is 21.8 Å². The van der Waals surface area contributed by atoms with Gasteiger partial charge in [-0.05, 0) is 83.0 Å². The van der Waals surface area contributed by atoms with Crippen LogP contribution < -0.4 is 4.74 Å². The van der Waals surface area contributed by atoms with E-state index in [1.165, 1.54) is 16.5 Å². The van der Waals surface area contributed by atoms with Crippen molar-refractivity contribution < 1.29 is 25.8 Å². The van der Waals surface area contributed by atoms with Crippen LogP contribution in [-0.2, 0) is 21.1 Å². The first-order valence-electron chi connectivity index (χ1n) is 17.7. The molecule has 7 rings (SSSR count). The molecule has 2 unspecified atom stereocenters. The van der Waals surface area contributed by atoms with Crippen LogP contribution in [0.3, 0.4) is 0 Å². The van der Waals surface area contributed by atoms with E-state index in [9.17, 15) is 0 Å². The average Bonchev–Trinajstić information content (AvgIpc) is 3.59. The van der Waals surface area contributed by atoms with Crippen LogP contribution in [0, 0.1) is 37.3 Å². The molecule has 4 aromatic carbocycles. The predicted octanol–water partition coefficient (Wildman–Crippen LogP) is 11.9. The topological polar surface area (TPSA) is 44.9 Å². The van der Waals surface area contributed by atoms with E-state index in [0.29, 0.717) is 29.3 Å². The third kappa shape index (κ3) is 6.94. The van der Waals surface area contributed by atoms with Gasteiger partial charge in [-0.1, -0.05) is 96.4 Å². The Bertz CT molecular complexity index is 2330. The normalized spacial score (nSPS) is 13.1. The second kappa shape index (κ2) is 14.3. The van der Waals surface area contributed by atoms with Crippen molar-refractivity contribution in [3.05, 3.63) is 132 Å². The molecular weight excluding hydrogens is 808 g/mol. The van der Waals surface area contributed by atoms with Gasteiger partial charge in [0.25, 0.3) is 0 Å². The molecule has 7 aromatic rings. The first-order valence-corrected chi connectivity index (χ1v) is 17.7. The fourth-order valence-electron chi connectivity index (χ4n) is 7.11. The Morgan fingerprint density at radius 1 is 0.745 bits per heavy atom. The number of nitrogens with zero attached hydrogens (tertiary/aromatic N) is 4. The van der Waals surface area contributed by atoms with Crippen LogP contribution in [0.1, 0.15) is 82.8 Å². The minimum Gasteiger partial charge on any atom is -0.509 e. The molecule has 5 nitrogen and oxygen atoms in total. The Labute approximate surface area is 317 Å². The third-order valence-corrected chi connectivity index (χ3v) is 10.5. The van der Waals surface area contributed by atoms with E-state index < -0.39 is 0 Å². The molecule has 262 valence electrons. The maximum Gasteiger partial charge on any atom is 2.00 e. The Morgan fingerprint density at radius 2 is 1.49 bits per heavy atom. The summed E-state index contributed by atoms with van der Waals surface area (Å²) in [5.74, 6) is 3.38. The smallest absolute Gasteiger partial charge is 0.509 e. The zero-order valence-corrected chi connectivity index (χ0v) is 33.3. The van der Waals surface area contributed by atoms with Gasteiger partial charge in [-0.15, -0.1) is 35.7 Å². The molecule has 3 aromatic heterocycles. The first-order chi connectivity index (χ1) is 23.9. The van der Waals surface area contributed by atoms with Crippen molar-refractivity contribution in [2.75, 3.05) is 0 Å². The van der Waals surface area contributed by atoms with Crippen LogP contribution in [0.5, 0.6) is 11.5 Å². The van der Waals surface area contributed by atoms with Gasteiger partial charge >= 0.3 is 21.1 Å². The number of aromatic nitrogens is 4. The van der Waals surface area contributed by atoms with Crippen LogP contribution in [0.2, 0.25) is 0 Å². The Balaban J connectivity index is 0.00000448. The molecule has 3 heterocycles. The third-order valence-electron chi connectivity index (χ3n) is 10.5. The standard InChI is InChI=1S/C45H46N4O.Pt/c1-28(2)34-22-23-46-43(25-34)48-41-21-18-35(29(3)30(4)45(7,8)9)24-40(41)39-20-19-38(27-42(39)48)50-37-17-13-16-36(26-37)49-32(6)44(31(5)47-49)33-14-11-10-12-15-33;/h10-25,28-30H,1-9H3;/q-2;+2. The molecule has 0 radical (unpaired) electrons. The Kier molecular flexibility index (Phi) is 10.2. The predicted molar refractivity (Wildman–Crippen MR) is 206 cm³/mol. The average molecular weight is 854 g/mol. The van der Waals surface area contributed by atoms with Crippen LogP contribution in [0.15, 0.2) is 97.2 Å². The van der Waals surface area contributed by atoms with Gasteiger partial charge in [0.1, 0.15) is 5.82 Å². The molecule has 0 N–H and O–H groups in total. The maximum absolute atomic E-state index is 6.50. The summed E-state index contributed by atoms with van der Waals surface area (Å²) >= 11 is 0. The van der Waals surface area contributed by atoms with E-state index in [-0.39, 0.29) is 26.5 Å². The maximum atomic E-state index is 6.50. The summed E-state index contributed by atoms with van der Waals surface area (Å²) in [7, 11) is 0. The van der Waals surface area contributed by atoms with E-state index >= 15 is 0 Å². The number of aryl methyl sites for hydroxylation is 1. The summed E-state index contributed by atoms with van der Waals surface area (Å²) in [6.45, 7) is 20.3. The largest absolute Gasteiger partial charge is 2.00 e. The van der Waals surface area contributed by atoms with Gasteiger partial charge < -0.3 is 9.30 Å². The Morgan fingerprint density at radius 3 is 2.22 bits per heavy atom. The number of pyridine rings is 1.